The highest BCUT2D eigenvalue weighted by Crippen LogP contribution is 2.06. The van der Waals surface area contributed by atoms with Crippen molar-refractivity contribution >= 4 is 17.8 Å². The summed E-state index contributed by atoms with van der Waals surface area (Å²) in [5.74, 6) is -1.18. The molecule has 0 saturated carbocycles. The van der Waals surface area contributed by atoms with Crippen molar-refractivity contribution < 1.29 is 19.4 Å². The molecular formula is C13H20N4O4. The molecule has 0 bridgehead atoms. The standard InChI is InChI=1S/C13H20N4O4/c1-13(2,3)21-12(20)16-8-15-10(11(18)19)9-6-5-7-17(9)14-4/h5-7,14H,8H2,1-4H3,(H,16,20)(H,18,19)/b15-10+. The molecule has 0 fully saturated rings. The number of aliphatic carboxylic acids is 1. The van der Waals surface area contributed by atoms with Crippen LogP contribution in [-0.4, -0.2) is 46.9 Å². The Bertz CT molecular complexity index is 543. The summed E-state index contributed by atoms with van der Waals surface area (Å²) in [5.41, 5.74) is 2.40. The molecule has 1 aromatic heterocycles. The third-order valence-electron chi connectivity index (χ3n) is 2.29. The number of ether oxygens (including phenoxy) is 1. The van der Waals surface area contributed by atoms with Crippen LogP contribution >= 0.6 is 0 Å². The van der Waals surface area contributed by atoms with E-state index in [2.05, 4.69) is 15.7 Å². The largest absolute Gasteiger partial charge is 0.476 e. The number of carboxylic acid groups (broad SMARTS) is 1. The zero-order valence-corrected chi connectivity index (χ0v) is 12.5. The summed E-state index contributed by atoms with van der Waals surface area (Å²) >= 11 is 0. The zero-order chi connectivity index (χ0) is 16.0. The van der Waals surface area contributed by atoms with Crippen LogP contribution in [0.5, 0.6) is 0 Å². The van der Waals surface area contributed by atoms with Crippen LogP contribution in [0.25, 0.3) is 0 Å². The van der Waals surface area contributed by atoms with E-state index >= 15 is 0 Å². The minimum Gasteiger partial charge on any atom is -0.476 e. The van der Waals surface area contributed by atoms with Crippen LogP contribution in [-0.2, 0) is 9.53 Å². The van der Waals surface area contributed by atoms with Crippen molar-refractivity contribution in [1.82, 2.24) is 9.99 Å². The van der Waals surface area contributed by atoms with Crippen LogP contribution in [0.3, 0.4) is 0 Å². The molecule has 8 heteroatoms. The third-order valence-corrected chi connectivity index (χ3v) is 2.29. The van der Waals surface area contributed by atoms with E-state index in [0.717, 1.165) is 0 Å². The van der Waals surface area contributed by atoms with Gasteiger partial charge in [-0.3, -0.25) is 9.67 Å². The van der Waals surface area contributed by atoms with Gasteiger partial charge in [-0.05, 0) is 32.9 Å². The number of amides is 1. The second kappa shape index (κ2) is 6.78. The van der Waals surface area contributed by atoms with E-state index in [1.165, 1.54) is 4.68 Å². The number of carbonyl (C=O) groups excluding carboxylic acids is 1. The number of nitrogens with one attached hydrogen (secondary N) is 2. The second-order valence-corrected chi connectivity index (χ2v) is 5.14. The Morgan fingerprint density at radius 1 is 1.43 bits per heavy atom. The Hall–Kier alpha value is -2.51. The lowest BCUT2D eigenvalue weighted by Crippen LogP contribution is -2.33. The van der Waals surface area contributed by atoms with Gasteiger partial charge in [-0.15, -0.1) is 0 Å². The van der Waals surface area contributed by atoms with Gasteiger partial charge >= 0.3 is 12.1 Å². The third kappa shape index (κ3) is 5.17. The summed E-state index contributed by atoms with van der Waals surface area (Å²) in [5, 5.41) is 11.6. The smallest absolute Gasteiger partial charge is 0.409 e. The number of hydrogen-bond donors (Lipinski definition) is 3. The maximum Gasteiger partial charge on any atom is 0.409 e. The topological polar surface area (TPSA) is 105 Å². The number of alkyl carbamates (subject to hydrolysis) is 1. The van der Waals surface area contributed by atoms with Gasteiger partial charge in [-0.1, -0.05) is 0 Å². The van der Waals surface area contributed by atoms with Gasteiger partial charge in [0.2, 0.25) is 0 Å². The summed E-state index contributed by atoms with van der Waals surface area (Å²) in [6, 6.07) is 3.29. The molecule has 1 amide bonds. The molecule has 3 N–H and O–H groups in total. The van der Waals surface area contributed by atoms with Gasteiger partial charge in [0.15, 0.2) is 5.71 Å². The molecule has 0 radical (unpaired) electrons. The highest BCUT2D eigenvalue weighted by molar-refractivity contribution is 6.42. The van der Waals surface area contributed by atoms with Gasteiger partial charge in [0, 0.05) is 13.2 Å². The average Bonchev–Trinajstić information content (AvgIpc) is 2.79. The van der Waals surface area contributed by atoms with Gasteiger partial charge in [-0.25, -0.2) is 9.59 Å². The first kappa shape index (κ1) is 16.5. The summed E-state index contributed by atoms with van der Waals surface area (Å²) in [6.45, 7) is 5.01. The van der Waals surface area contributed by atoms with E-state index in [9.17, 15) is 14.7 Å². The monoisotopic (exact) mass is 296 g/mol. The highest BCUT2D eigenvalue weighted by atomic mass is 16.6. The number of rotatable bonds is 5. The van der Waals surface area contributed by atoms with Crippen LogP contribution < -0.4 is 10.7 Å². The van der Waals surface area contributed by atoms with E-state index in [1.54, 1.807) is 46.1 Å². The first-order valence-electron chi connectivity index (χ1n) is 6.34. The SMILES string of the molecule is CNn1cccc1/C(=N\CNC(=O)OC(C)(C)C)C(=O)O. The Morgan fingerprint density at radius 2 is 2.10 bits per heavy atom. The normalized spacial score (nSPS) is 11.9. The van der Waals surface area contributed by atoms with Crippen molar-refractivity contribution in [3.63, 3.8) is 0 Å². The fourth-order valence-electron chi connectivity index (χ4n) is 1.52. The number of nitrogens with zero attached hydrogens (tertiary/aromatic N) is 2. The molecular weight excluding hydrogens is 276 g/mol. The molecule has 8 nitrogen and oxygen atoms in total. The van der Waals surface area contributed by atoms with Crippen LogP contribution in [0.2, 0.25) is 0 Å². The quantitative estimate of drug-likeness (QED) is 0.703. The summed E-state index contributed by atoms with van der Waals surface area (Å²) in [4.78, 5) is 26.6. The summed E-state index contributed by atoms with van der Waals surface area (Å²) in [7, 11) is 1.65. The Balaban J connectivity index is 2.75. The number of hydrogen-bond acceptors (Lipinski definition) is 5. The maximum atomic E-state index is 11.5. The minimum atomic E-state index is -1.18. The Labute approximate surface area is 122 Å². The van der Waals surface area contributed by atoms with E-state index in [0.29, 0.717) is 5.69 Å². The van der Waals surface area contributed by atoms with Crippen LogP contribution in [0.4, 0.5) is 4.79 Å². The molecule has 0 aliphatic carbocycles. The van der Waals surface area contributed by atoms with Crippen molar-refractivity contribution in [3.05, 3.63) is 24.0 Å². The predicted molar refractivity (Wildman–Crippen MR) is 78.1 cm³/mol. The number of aliphatic imine (C=N–C) groups is 1. The minimum absolute atomic E-state index is 0.162. The van der Waals surface area contributed by atoms with Gasteiger partial charge in [0.1, 0.15) is 12.3 Å². The summed E-state index contributed by atoms with van der Waals surface area (Å²) in [6.07, 6.45) is 1.01. The lowest BCUT2D eigenvalue weighted by atomic mass is 10.2. The van der Waals surface area contributed by atoms with Gasteiger partial charge < -0.3 is 20.6 Å². The molecule has 1 heterocycles. The fourth-order valence-corrected chi connectivity index (χ4v) is 1.52. The molecule has 0 aliphatic heterocycles. The average molecular weight is 296 g/mol. The van der Waals surface area contributed by atoms with Crippen LogP contribution in [0.1, 0.15) is 26.5 Å². The van der Waals surface area contributed by atoms with Crippen molar-refractivity contribution in [3.8, 4) is 0 Å². The van der Waals surface area contributed by atoms with Gasteiger partial charge in [0.05, 0.1) is 5.69 Å². The molecule has 1 rings (SSSR count). The summed E-state index contributed by atoms with van der Waals surface area (Å²) < 4.78 is 6.55. The number of carboxylic acids is 1. The van der Waals surface area contributed by atoms with E-state index in [-0.39, 0.29) is 12.4 Å². The Kier molecular flexibility index (Phi) is 5.34. The molecule has 0 atom stereocenters. The van der Waals surface area contributed by atoms with Gasteiger partial charge in [0.25, 0.3) is 0 Å². The van der Waals surface area contributed by atoms with Crippen molar-refractivity contribution in [1.29, 1.82) is 0 Å². The molecule has 0 unspecified atom stereocenters. The zero-order valence-electron chi connectivity index (χ0n) is 12.5. The molecule has 0 spiro atoms. The molecule has 21 heavy (non-hydrogen) atoms. The van der Waals surface area contributed by atoms with E-state index < -0.39 is 17.7 Å². The highest BCUT2D eigenvalue weighted by Gasteiger charge is 2.18. The van der Waals surface area contributed by atoms with Gasteiger partial charge in [-0.2, -0.15) is 0 Å². The first-order valence-corrected chi connectivity index (χ1v) is 6.34. The number of carbonyl (C=O) groups is 2. The fraction of sp³-hybridized carbons (Fsp3) is 0.462. The van der Waals surface area contributed by atoms with Crippen molar-refractivity contribution in [2.45, 2.75) is 26.4 Å². The lowest BCUT2D eigenvalue weighted by Gasteiger charge is -2.19. The molecule has 116 valence electrons. The van der Waals surface area contributed by atoms with Crippen LogP contribution in [0, 0.1) is 0 Å². The predicted octanol–water partition coefficient (Wildman–Crippen LogP) is 1.02. The van der Waals surface area contributed by atoms with Crippen molar-refractivity contribution in [2.75, 3.05) is 19.1 Å². The van der Waals surface area contributed by atoms with Crippen molar-refractivity contribution in [2.24, 2.45) is 4.99 Å². The molecule has 0 aromatic carbocycles. The lowest BCUT2D eigenvalue weighted by molar-refractivity contribution is -0.129. The first-order chi connectivity index (χ1) is 9.74. The second-order valence-electron chi connectivity index (χ2n) is 5.14. The van der Waals surface area contributed by atoms with Crippen LogP contribution in [0.15, 0.2) is 23.3 Å². The molecule has 0 saturated heterocycles. The molecule has 0 aliphatic rings. The van der Waals surface area contributed by atoms with E-state index in [1.807, 2.05) is 0 Å². The number of aromatic nitrogens is 1. The molecule has 1 aromatic rings. The maximum absolute atomic E-state index is 11.5. The van der Waals surface area contributed by atoms with E-state index in [4.69, 9.17) is 4.74 Å². The Morgan fingerprint density at radius 3 is 2.62 bits per heavy atom.